The lowest BCUT2D eigenvalue weighted by molar-refractivity contribution is 0.512. The molecule has 0 bridgehead atoms. The van der Waals surface area contributed by atoms with E-state index in [9.17, 15) is 0 Å². The predicted molar refractivity (Wildman–Crippen MR) is 60.9 cm³/mol. The third-order valence-electron chi connectivity index (χ3n) is 2.36. The van der Waals surface area contributed by atoms with E-state index in [0.717, 1.165) is 6.42 Å². The Morgan fingerprint density at radius 1 is 1.36 bits per heavy atom. The van der Waals surface area contributed by atoms with E-state index in [1.807, 2.05) is 18.2 Å². The van der Waals surface area contributed by atoms with Crippen LogP contribution in [0.5, 0.6) is 0 Å². The molecule has 1 rings (SSSR count). The van der Waals surface area contributed by atoms with Crippen molar-refractivity contribution in [2.75, 3.05) is 0 Å². The number of terminal acetylenes is 1. The molecule has 0 aromatic heterocycles. The molecule has 0 fully saturated rings. The van der Waals surface area contributed by atoms with Crippen LogP contribution in [0.2, 0.25) is 0 Å². The van der Waals surface area contributed by atoms with Gasteiger partial charge >= 0.3 is 0 Å². The predicted octanol–water partition coefficient (Wildman–Crippen LogP) is 2.75. The molecule has 1 aromatic rings. The smallest absolute Gasteiger partial charge is 0.0688 e. The number of benzene rings is 1. The van der Waals surface area contributed by atoms with Crippen molar-refractivity contribution in [3.8, 4) is 12.3 Å². The van der Waals surface area contributed by atoms with Crippen molar-refractivity contribution in [3.05, 3.63) is 35.9 Å². The van der Waals surface area contributed by atoms with Crippen LogP contribution in [0.25, 0.3) is 0 Å². The summed E-state index contributed by atoms with van der Waals surface area (Å²) in [6, 6.07) is 10.8. The molecular weight excluding hydrogens is 170 g/mol. The van der Waals surface area contributed by atoms with Gasteiger partial charge < -0.3 is 0 Å². The van der Waals surface area contributed by atoms with Crippen molar-refractivity contribution < 1.29 is 0 Å². The van der Waals surface area contributed by atoms with Gasteiger partial charge in [0, 0.05) is 6.04 Å². The molecule has 1 unspecified atom stereocenters. The molecule has 14 heavy (non-hydrogen) atoms. The maximum Gasteiger partial charge on any atom is 0.0688 e. The van der Waals surface area contributed by atoms with E-state index in [2.05, 4.69) is 37.2 Å². The first kappa shape index (κ1) is 10.8. The van der Waals surface area contributed by atoms with Crippen LogP contribution in [0.15, 0.2) is 30.3 Å². The fourth-order valence-corrected chi connectivity index (χ4v) is 1.42. The van der Waals surface area contributed by atoms with Gasteiger partial charge in [-0.3, -0.25) is 5.32 Å². The Hall–Kier alpha value is -1.26. The summed E-state index contributed by atoms with van der Waals surface area (Å²) in [5.74, 6) is 2.74. The molecule has 0 amide bonds. The van der Waals surface area contributed by atoms with Crippen molar-refractivity contribution in [2.24, 2.45) is 0 Å². The zero-order valence-electron chi connectivity index (χ0n) is 8.83. The molecule has 0 aliphatic carbocycles. The largest absolute Gasteiger partial charge is 0.297 e. The highest BCUT2D eigenvalue weighted by Gasteiger charge is 2.08. The maximum atomic E-state index is 5.40. The third-order valence-corrected chi connectivity index (χ3v) is 2.36. The van der Waals surface area contributed by atoms with Crippen LogP contribution >= 0.6 is 0 Å². The Bertz CT molecular complexity index is 297. The lowest BCUT2D eigenvalue weighted by atomic mass is 10.1. The van der Waals surface area contributed by atoms with E-state index in [1.54, 1.807) is 0 Å². The summed E-state index contributed by atoms with van der Waals surface area (Å²) < 4.78 is 0. The first-order valence-electron chi connectivity index (χ1n) is 5.05. The van der Waals surface area contributed by atoms with Gasteiger partial charge in [0.05, 0.1) is 6.04 Å². The number of nitrogens with one attached hydrogen (secondary N) is 1. The standard InChI is InChI=1S/C13H17N/c1-4-13(5-2)14-11(3)12-9-7-6-8-10-12/h1,6-11,13-14H,5H2,2-3H3/t11-,13?/m0/s1. The van der Waals surface area contributed by atoms with Crippen molar-refractivity contribution >= 4 is 0 Å². The molecule has 0 saturated carbocycles. The average molecular weight is 187 g/mol. The molecule has 0 radical (unpaired) electrons. The van der Waals surface area contributed by atoms with E-state index in [4.69, 9.17) is 6.42 Å². The Morgan fingerprint density at radius 3 is 2.50 bits per heavy atom. The highest BCUT2D eigenvalue weighted by molar-refractivity contribution is 5.18. The SMILES string of the molecule is C#CC(CC)N[C@@H](C)c1ccccc1. The van der Waals surface area contributed by atoms with Gasteiger partial charge in [-0.15, -0.1) is 6.42 Å². The van der Waals surface area contributed by atoms with E-state index in [1.165, 1.54) is 5.56 Å². The molecule has 0 spiro atoms. The number of rotatable bonds is 4. The highest BCUT2D eigenvalue weighted by atomic mass is 14.9. The second kappa shape index (κ2) is 5.47. The summed E-state index contributed by atoms with van der Waals surface area (Å²) in [4.78, 5) is 0. The fourth-order valence-electron chi connectivity index (χ4n) is 1.42. The second-order valence-corrected chi connectivity index (χ2v) is 3.43. The molecule has 0 aliphatic heterocycles. The van der Waals surface area contributed by atoms with Crippen molar-refractivity contribution in [3.63, 3.8) is 0 Å². The summed E-state index contributed by atoms with van der Waals surface area (Å²) in [5.41, 5.74) is 1.28. The molecule has 2 atom stereocenters. The van der Waals surface area contributed by atoms with E-state index in [0.29, 0.717) is 6.04 Å². The minimum atomic E-state index is 0.171. The Labute approximate surface area is 86.5 Å². The van der Waals surface area contributed by atoms with Gasteiger partial charge in [-0.2, -0.15) is 0 Å². The molecule has 1 heteroatoms. The first-order chi connectivity index (χ1) is 6.77. The van der Waals surface area contributed by atoms with Crippen molar-refractivity contribution in [2.45, 2.75) is 32.4 Å². The molecular formula is C13H17N. The van der Waals surface area contributed by atoms with Gasteiger partial charge in [0.25, 0.3) is 0 Å². The molecule has 0 saturated heterocycles. The van der Waals surface area contributed by atoms with Crippen LogP contribution in [-0.4, -0.2) is 6.04 Å². The topological polar surface area (TPSA) is 12.0 Å². The summed E-state index contributed by atoms with van der Waals surface area (Å²) in [6.07, 6.45) is 6.36. The van der Waals surface area contributed by atoms with Gasteiger partial charge in [0.15, 0.2) is 0 Å². The Balaban J connectivity index is 2.59. The molecule has 74 valence electrons. The zero-order chi connectivity index (χ0) is 10.4. The minimum Gasteiger partial charge on any atom is -0.297 e. The normalized spacial score (nSPS) is 14.4. The molecule has 0 heterocycles. The monoisotopic (exact) mass is 187 g/mol. The number of hydrogen-bond donors (Lipinski definition) is 1. The van der Waals surface area contributed by atoms with Crippen LogP contribution in [-0.2, 0) is 0 Å². The average Bonchev–Trinajstić information content (AvgIpc) is 2.26. The zero-order valence-corrected chi connectivity index (χ0v) is 8.83. The molecule has 1 nitrogen and oxygen atoms in total. The van der Waals surface area contributed by atoms with Crippen LogP contribution in [0.4, 0.5) is 0 Å². The van der Waals surface area contributed by atoms with Gasteiger partial charge in [0.1, 0.15) is 0 Å². The fraction of sp³-hybridized carbons (Fsp3) is 0.385. The quantitative estimate of drug-likeness (QED) is 0.715. The van der Waals surface area contributed by atoms with Gasteiger partial charge in [0.2, 0.25) is 0 Å². The van der Waals surface area contributed by atoms with E-state index in [-0.39, 0.29) is 6.04 Å². The van der Waals surface area contributed by atoms with Crippen LogP contribution in [0.1, 0.15) is 31.9 Å². The van der Waals surface area contributed by atoms with Crippen LogP contribution < -0.4 is 5.32 Å². The summed E-state index contributed by atoms with van der Waals surface area (Å²) >= 11 is 0. The lowest BCUT2D eigenvalue weighted by Gasteiger charge is -2.18. The van der Waals surface area contributed by atoms with E-state index >= 15 is 0 Å². The molecule has 0 aliphatic rings. The van der Waals surface area contributed by atoms with E-state index < -0.39 is 0 Å². The van der Waals surface area contributed by atoms with Gasteiger partial charge in [-0.1, -0.05) is 43.2 Å². The molecule has 1 aromatic carbocycles. The summed E-state index contributed by atoms with van der Waals surface area (Å²) in [7, 11) is 0. The summed E-state index contributed by atoms with van der Waals surface area (Å²) in [5, 5.41) is 3.40. The Kier molecular flexibility index (Phi) is 4.22. The van der Waals surface area contributed by atoms with Crippen LogP contribution in [0.3, 0.4) is 0 Å². The van der Waals surface area contributed by atoms with Crippen molar-refractivity contribution in [1.82, 2.24) is 5.32 Å². The third kappa shape index (κ3) is 2.90. The second-order valence-electron chi connectivity index (χ2n) is 3.43. The highest BCUT2D eigenvalue weighted by Crippen LogP contribution is 2.12. The van der Waals surface area contributed by atoms with Crippen LogP contribution in [0, 0.1) is 12.3 Å². The maximum absolute atomic E-state index is 5.40. The van der Waals surface area contributed by atoms with Gasteiger partial charge in [-0.25, -0.2) is 0 Å². The minimum absolute atomic E-state index is 0.171. The number of hydrogen-bond acceptors (Lipinski definition) is 1. The Morgan fingerprint density at radius 2 is 2.00 bits per heavy atom. The van der Waals surface area contributed by atoms with Gasteiger partial charge in [-0.05, 0) is 18.9 Å². The summed E-state index contributed by atoms with van der Waals surface area (Å²) in [6.45, 7) is 4.23. The molecule has 1 N–H and O–H groups in total. The lowest BCUT2D eigenvalue weighted by Crippen LogP contribution is -2.29. The van der Waals surface area contributed by atoms with Crippen molar-refractivity contribution in [1.29, 1.82) is 0 Å². The first-order valence-corrected chi connectivity index (χ1v) is 5.05.